The average molecular weight is 363 g/mol. The zero-order chi connectivity index (χ0) is 19.5. The maximum atomic E-state index is 13.0. The number of aromatic hydroxyl groups is 2. The number of ether oxygens (including phenoxy) is 1. The Kier molecular flexibility index (Phi) is 5.47. The summed E-state index contributed by atoms with van der Waals surface area (Å²) in [5.41, 5.74) is 3.68. The predicted molar refractivity (Wildman–Crippen MR) is 89.2 cm³/mol. The maximum Gasteiger partial charge on any atom is 0.364 e. The number of aliphatic carboxylic acids is 1. The molecule has 0 heterocycles. The van der Waals surface area contributed by atoms with E-state index < -0.39 is 35.1 Å². The summed E-state index contributed by atoms with van der Waals surface area (Å²) >= 11 is 0. The van der Waals surface area contributed by atoms with E-state index in [4.69, 9.17) is 10.5 Å². The Morgan fingerprint density at radius 2 is 1.77 bits per heavy atom. The lowest BCUT2D eigenvalue weighted by molar-refractivity contribution is -0.161. The van der Waals surface area contributed by atoms with Crippen molar-refractivity contribution in [3.63, 3.8) is 0 Å². The lowest BCUT2D eigenvalue weighted by atomic mass is 9.86. The van der Waals surface area contributed by atoms with Gasteiger partial charge in [-0.15, -0.1) is 0 Å². The number of phenolic OH excluding ortho intramolecular Hbond substituents is 2. The number of carbonyl (C=O) groups excluding carboxylic acids is 1. The van der Waals surface area contributed by atoms with E-state index >= 15 is 0 Å². The fourth-order valence-corrected chi connectivity index (χ4v) is 2.61. The minimum absolute atomic E-state index is 0.0640. The number of rotatable bonds is 6. The SMILES string of the molecule is CCC(c1ccc(O)c(O)c1)[C@](N)(OC(=O)c1ccc(F)cc1)C(=O)O. The highest BCUT2D eigenvalue weighted by Gasteiger charge is 2.46. The van der Waals surface area contributed by atoms with Crippen molar-refractivity contribution in [2.45, 2.75) is 25.0 Å². The molecule has 0 aliphatic carbocycles. The second-order valence-corrected chi connectivity index (χ2v) is 5.70. The van der Waals surface area contributed by atoms with Gasteiger partial charge in [0, 0.05) is 5.92 Å². The van der Waals surface area contributed by atoms with E-state index in [1.165, 1.54) is 12.1 Å². The van der Waals surface area contributed by atoms with Crippen LogP contribution in [0.25, 0.3) is 0 Å². The van der Waals surface area contributed by atoms with E-state index in [2.05, 4.69) is 0 Å². The number of hydrogen-bond acceptors (Lipinski definition) is 6. The monoisotopic (exact) mass is 363 g/mol. The van der Waals surface area contributed by atoms with E-state index in [9.17, 15) is 29.3 Å². The summed E-state index contributed by atoms with van der Waals surface area (Å²) in [6, 6.07) is 8.06. The fourth-order valence-electron chi connectivity index (χ4n) is 2.61. The Morgan fingerprint density at radius 3 is 2.27 bits per heavy atom. The number of carboxylic acid groups (broad SMARTS) is 1. The molecule has 2 aromatic rings. The Balaban J connectivity index is 2.39. The van der Waals surface area contributed by atoms with Crippen LogP contribution in [0.4, 0.5) is 4.39 Å². The van der Waals surface area contributed by atoms with Crippen molar-refractivity contribution in [2.75, 3.05) is 0 Å². The Labute approximate surface area is 148 Å². The van der Waals surface area contributed by atoms with Crippen LogP contribution in [0.5, 0.6) is 11.5 Å². The molecule has 0 radical (unpaired) electrons. The summed E-state index contributed by atoms with van der Waals surface area (Å²) in [6.07, 6.45) is 0.156. The number of halogens is 1. The van der Waals surface area contributed by atoms with Crippen molar-refractivity contribution in [2.24, 2.45) is 5.73 Å². The van der Waals surface area contributed by atoms with E-state index in [0.29, 0.717) is 0 Å². The smallest absolute Gasteiger partial charge is 0.364 e. The third kappa shape index (κ3) is 3.75. The molecule has 2 aromatic carbocycles. The van der Waals surface area contributed by atoms with E-state index in [1.807, 2.05) is 0 Å². The minimum Gasteiger partial charge on any atom is -0.504 e. The molecule has 8 heteroatoms. The molecule has 0 fully saturated rings. The molecule has 138 valence electrons. The molecule has 7 nitrogen and oxygen atoms in total. The fraction of sp³-hybridized carbons (Fsp3) is 0.222. The number of nitrogens with two attached hydrogens (primary N) is 1. The number of phenols is 2. The molecule has 0 bridgehead atoms. The second kappa shape index (κ2) is 7.40. The number of benzene rings is 2. The zero-order valence-electron chi connectivity index (χ0n) is 13.8. The van der Waals surface area contributed by atoms with Crippen LogP contribution in [0.2, 0.25) is 0 Å². The molecule has 0 saturated carbocycles. The van der Waals surface area contributed by atoms with Gasteiger partial charge in [-0.2, -0.15) is 0 Å². The van der Waals surface area contributed by atoms with Crippen molar-refractivity contribution >= 4 is 11.9 Å². The van der Waals surface area contributed by atoms with Crippen LogP contribution in [0.1, 0.15) is 35.2 Å². The summed E-state index contributed by atoms with van der Waals surface area (Å²) in [5, 5.41) is 28.7. The van der Waals surface area contributed by atoms with Crippen molar-refractivity contribution in [3.05, 3.63) is 59.4 Å². The maximum absolute atomic E-state index is 13.0. The molecule has 0 spiro atoms. The quantitative estimate of drug-likeness (QED) is 0.352. The first-order chi connectivity index (χ1) is 12.2. The Morgan fingerprint density at radius 1 is 1.15 bits per heavy atom. The summed E-state index contributed by atoms with van der Waals surface area (Å²) in [7, 11) is 0. The van der Waals surface area contributed by atoms with E-state index in [1.54, 1.807) is 6.92 Å². The second-order valence-electron chi connectivity index (χ2n) is 5.70. The average Bonchev–Trinajstić information content (AvgIpc) is 2.59. The van der Waals surface area contributed by atoms with Crippen LogP contribution in [0, 0.1) is 5.82 Å². The number of hydrogen-bond donors (Lipinski definition) is 4. The molecule has 0 saturated heterocycles. The van der Waals surface area contributed by atoms with Gasteiger partial charge in [0.05, 0.1) is 5.56 Å². The molecule has 0 aromatic heterocycles. The minimum atomic E-state index is -2.44. The van der Waals surface area contributed by atoms with Gasteiger partial charge < -0.3 is 20.1 Å². The normalized spacial score (nSPS) is 14.3. The van der Waals surface area contributed by atoms with Crippen LogP contribution >= 0.6 is 0 Å². The molecule has 2 atom stereocenters. The van der Waals surface area contributed by atoms with Gasteiger partial charge >= 0.3 is 11.9 Å². The number of carbonyl (C=O) groups is 2. The van der Waals surface area contributed by atoms with Gasteiger partial charge in [0.15, 0.2) is 11.5 Å². The van der Waals surface area contributed by atoms with Crippen LogP contribution in [-0.2, 0) is 9.53 Å². The molecule has 1 unspecified atom stereocenters. The van der Waals surface area contributed by atoms with E-state index in [-0.39, 0.29) is 23.3 Å². The highest BCUT2D eigenvalue weighted by molar-refractivity contribution is 5.92. The van der Waals surface area contributed by atoms with Crippen LogP contribution in [-0.4, -0.2) is 33.0 Å². The first-order valence-electron chi connectivity index (χ1n) is 7.72. The first-order valence-corrected chi connectivity index (χ1v) is 7.72. The third-order valence-electron chi connectivity index (χ3n) is 4.00. The first kappa shape index (κ1) is 19.2. The van der Waals surface area contributed by atoms with Gasteiger partial charge in [-0.1, -0.05) is 13.0 Å². The van der Waals surface area contributed by atoms with Gasteiger partial charge in [-0.3, -0.25) is 5.73 Å². The Bertz CT molecular complexity index is 823. The van der Waals surface area contributed by atoms with Crippen molar-refractivity contribution < 1.29 is 34.0 Å². The van der Waals surface area contributed by atoms with Gasteiger partial charge in [-0.25, -0.2) is 14.0 Å². The number of esters is 1. The summed E-state index contributed by atoms with van der Waals surface area (Å²) in [5.74, 6) is -5.05. The molecular weight excluding hydrogens is 345 g/mol. The molecule has 5 N–H and O–H groups in total. The molecule has 2 rings (SSSR count). The molecule has 26 heavy (non-hydrogen) atoms. The van der Waals surface area contributed by atoms with Crippen molar-refractivity contribution in [1.29, 1.82) is 0 Å². The largest absolute Gasteiger partial charge is 0.504 e. The standard InChI is InChI=1S/C18H18FNO6/c1-2-13(11-5-8-14(21)15(22)9-11)18(20,17(24)25)26-16(23)10-3-6-12(19)7-4-10/h3-9,13,21-22H,2,20H2,1H3,(H,24,25)/t13?,18-/m0/s1. The van der Waals surface area contributed by atoms with E-state index in [0.717, 1.165) is 30.3 Å². The van der Waals surface area contributed by atoms with Gasteiger partial charge in [0.25, 0.3) is 5.72 Å². The van der Waals surface area contributed by atoms with Crippen LogP contribution < -0.4 is 5.73 Å². The predicted octanol–water partition coefficient (Wildman–Crippen LogP) is 2.33. The third-order valence-corrected chi connectivity index (χ3v) is 4.00. The lowest BCUT2D eigenvalue weighted by Gasteiger charge is -2.32. The van der Waals surface area contributed by atoms with Crippen LogP contribution in [0.3, 0.4) is 0 Å². The van der Waals surface area contributed by atoms with Gasteiger partial charge in [-0.05, 0) is 48.4 Å². The van der Waals surface area contributed by atoms with Crippen molar-refractivity contribution in [3.8, 4) is 11.5 Å². The summed E-state index contributed by atoms with van der Waals surface area (Å²) in [6.45, 7) is 1.63. The molecular formula is C18H18FNO6. The molecule has 0 aliphatic rings. The summed E-state index contributed by atoms with van der Waals surface area (Å²) in [4.78, 5) is 24.1. The topological polar surface area (TPSA) is 130 Å². The van der Waals surface area contributed by atoms with Crippen molar-refractivity contribution in [1.82, 2.24) is 0 Å². The van der Waals surface area contributed by atoms with Gasteiger partial charge in [0.1, 0.15) is 5.82 Å². The Hall–Kier alpha value is -3.13. The summed E-state index contributed by atoms with van der Waals surface area (Å²) < 4.78 is 18.1. The van der Waals surface area contributed by atoms with Gasteiger partial charge in [0.2, 0.25) is 0 Å². The highest BCUT2D eigenvalue weighted by Crippen LogP contribution is 2.36. The zero-order valence-corrected chi connectivity index (χ0v) is 13.8. The van der Waals surface area contributed by atoms with Crippen LogP contribution in [0.15, 0.2) is 42.5 Å². The lowest BCUT2D eigenvalue weighted by Crippen LogP contribution is -2.56. The molecule has 0 amide bonds. The molecule has 0 aliphatic heterocycles. The highest BCUT2D eigenvalue weighted by atomic mass is 19.1. The number of carboxylic acids is 1.